The lowest BCUT2D eigenvalue weighted by molar-refractivity contribution is -0.120. The lowest BCUT2D eigenvalue weighted by atomic mass is 10.1. The van der Waals surface area contributed by atoms with Gasteiger partial charge in [-0.05, 0) is 43.2 Å². The van der Waals surface area contributed by atoms with Gasteiger partial charge in [-0.25, -0.2) is 17.5 Å². The maximum atomic E-state index is 13.1. The van der Waals surface area contributed by atoms with Crippen LogP contribution in [0.2, 0.25) is 0 Å². The van der Waals surface area contributed by atoms with Crippen molar-refractivity contribution >= 4 is 15.9 Å². The number of rotatable bonds is 6. The third kappa shape index (κ3) is 4.62. The van der Waals surface area contributed by atoms with Gasteiger partial charge < -0.3 is 5.32 Å². The lowest BCUT2D eigenvalue weighted by Crippen LogP contribution is -2.38. The second-order valence-electron chi connectivity index (χ2n) is 5.43. The van der Waals surface area contributed by atoms with Crippen LogP contribution in [0.3, 0.4) is 0 Å². The maximum Gasteiger partial charge on any atom is 0.241 e. The Morgan fingerprint density at radius 3 is 2.46 bits per heavy atom. The first-order chi connectivity index (χ1) is 11.3. The first kappa shape index (κ1) is 18.1. The summed E-state index contributed by atoms with van der Waals surface area (Å²) in [4.78, 5) is 11.9. The van der Waals surface area contributed by atoms with E-state index in [0.29, 0.717) is 0 Å². The Balaban J connectivity index is 1.98. The molecule has 0 bridgehead atoms. The quantitative estimate of drug-likeness (QED) is 0.839. The summed E-state index contributed by atoms with van der Waals surface area (Å²) in [6, 6.07) is 12.5. The Labute approximate surface area is 141 Å². The van der Waals surface area contributed by atoms with Crippen LogP contribution in [0, 0.1) is 12.7 Å². The van der Waals surface area contributed by atoms with Gasteiger partial charge in [0.25, 0.3) is 0 Å². The van der Waals surface area contributed by atoms with Gasteiger partial charge in [-0.3, -0.25) is 4.79 Å². The van der Waals surface area contributed by atoms with Crippen molar-refractivity contribution in [2.24, 2.45) is 0 Å². The zero-order valence-corrected chi connectivity index (χ0v) is 14.2. The van der Waals surface area contributed by atoms with Crippen molar-refractivity contribution < 1.29 is 17.6 Å². The van der Waals surface area contributed by atoms with Gasteiger partial charge in [-0.1, -0.05) is 30.3 Å². The summed E-state index contributed by atoms with van der Waals surface area (Å²) in [6.45, 7) is 2.91. The number of halogens is 1. The molecule has 0 aliphatic carbocycles. The second kappa shape index (κ2) is 7.55. The molecule has 7 heteroatoms. The fraction of sp³-hybridized carbons (Fsp3) is 0.235. The Morgan fingerprint density at radius 1 is 1.17 bits per heavy atom. The first-order valence-corrected chi connectivity index (χ1v) is 8.88. The Kier molecular flexibility index (Phi) is 5.69. The van der Waals surface area contributed by atoms with Crippen LogP contribution in [-0.2, 0) is 14.8 Å². The maximum absolute atomic E-state index is 13.1. The van der Waals surface area contributed by atoms with E-state index in [1.54, 1.807) is 0 Å². The molecule has 1 amide bonds. The van der Waals surface area contributed by atoms with Crippen LogP contribution >= 0.6 is 0 Å². The van der Waals surface area contributed by atoms with Crippen molar-refractivity contribution in [3.63, 3.8) is 0 Å². The van der Waals surface area contributed by atoms with Gasteiger partial charge in [0.2, 0.25) is 15.9 Å². The minimum absolute atomic E-state index is 0.0483. The summed E-state index contributed by atoms with van der Waals surface area (Å²) < 4.78 is 39.7. The summed E-state index contributed by atoms with van der Waals surface area (Å²) in [5.74, 6) is -0.962. The van der Waals surface area contributed by atoms with E-state index in [1.165, 1.54) is 13.0 Å². The van der Waals surface area contributed by atoms with Gasteiger partial charge >= 0.3 is 0 Å². The molecule has 0 aromatic heterocycles. The molecule has 0 heterocycles. The predicted molar refractivity (Wildman–Crippen MR) is 89.3 cm³/mol. The summed E-state index contributed by atoms with van der Waals surface area (Å²) in [5.41, 5.74) is 1.20. The van der Waals surface area contributed by atoms with E-state index in [4.69, 9.17) is 0 Å². The molecule has 1 atom stereocenters. The van der Waals surface area contributed by atoms with Crippen LogP contribution in [0.15, 0.2) is 53.4 Å². The molecule has 2 N–H and O–H groups in total. The predicted octanol–water partition coefficient (Wildman–Crippen LogP) is 2.29. The van der Waals surface area contributed by atoms with Crippen molar-refractivity contribution in [3.8, 4) is 0 Å². The van der Waals surface area contributed by atoms with Gasteiger partial charge in [0.05, 0.1) is 17.5 Å². The van der Waals surface area contributed by atoms with Crippen molar-refractivity contribution in [1.82, 2.24) is 10.0 Å². The number of carbonyl (C=O) groups is 1. The minimum atomic E-state index is -3.88. The zero-order chi connectivity index (χ0) is 17.7. The average molecular weight is 350 g/mol. The van der Waals surface area contributed by atoms with Gasteiger partial charge in [0.1, 0.15) is 5.82 Å². The molecule has 24 heavy (non-hydrogen) atoms. The van der Waals surface area contributed by atoms with E-state index in [2.05, 4.69) is 10.0 Å². The first-order valence-electron chi connectivity index (χ1n) is 7.40. The number of sulfonamides is 1. The molecule has 0 saturated heterocycles. The molecule has 5 nitrogen and oxygen atoms in total. The molecule has 0 aliphatic heterocycles. The van der Waals surface area contributed by atoms with E-state index in [-0.39, 0.29) is 16.5 Å². The highest BCUT2D eigenvalue weighted by Gasteiger charge is 2.19. The summed E-state index contributed by atoms with van der Waals surface area (Å²) in [7, 11) is -3.88. The van der Waals surface area contributed by atoms with E-state index in [9.17, 15) is 17.6 Å². The number of hydrogen-bond acceptors (Lipinski definition) is 3. The highest BCUT2D eigenvalue weighted by molar-refractivity contribution is 7.89. The number of aryl methyl sites for hydroxylation is 1. The second-order valence-corrected chi connectivity index (χ2v) is 7.17. The highest BCUT2D eigenvalue weighted by Crippen LogP contribution is 2.16. The van der Waals surface area contributed by atoms with E-state index >= 15 is 0 Å². The van der Waals surface area contributed by atoms with Crippen molar-refractivity contribution in [1.29, 1.82) is 0 Å². The molecule has 0 aliphatic rings. The normalized spacial score (nSPS) is 12.6. The Bertz CT molecular complexity index is 823. The smallest absolute Gasteiger partial charge is 0.241 e. The van der Waals surface area contributed by atoms with E-state index < -0.39 is 28.3 Å². The molecule has 0 spiro atoms. The Morgan fingerprint density at radius 2 is 1.83 bits per heavy atom. The third-order valence-corrected chi connectivity index (χ3v) is 5.09. The molecule has 0 fully saturated rings. The molecular weight excluding hydrogens is 331 g/mol. The van der Waals surface area contributed by atoms with Crippen molar-refractivity contribution in [3.05, 3.63) is 65.5 Å². The molecule has 0 saturated carbocycles. The van der Waals surface area contributed by atoms with Crippen LogP contribution < -0.4 is 10.0 Å². The van der Waals surface area contributed by atoms with Crippen LogP contribution in [0.1, 0.15) is 24.1 Å². The SMILES string of the molecule is Cc1cc(F)ccc1S(=O)(=O)NCC(=O)NC(C)c1ccccc1. The summed E-state index contributed by atoms with van der Waals surface area (Å²) >= 11 is 0. The average Bonchev–Trinajstić information content (AvgIpc) is 2.53. The standard InChI is InChI=1S/C17H19FN2O3S/c1-12-10-15(18)8-9-16(12)24(22,23)19-11-17(21)20-13(2)14-6-4-3-5-7-14/h3-10,13,19H,11H2,1-2H3,(H,20,21). The monoisotopic (exact) mass is 350 g/mol. The fourth-order valence-electron chi connectivity index (χ4n) is 2.27. The van der Waals surface area contributed by atoms with Crippen LogP contribution in [0.5, 0.6) is 0 Å². The highest BCUT2D eigenvalue weighted by atomic mass is 32.2. The number of nitrogens with one attached hydrogen (secondary N) is 2. The van der Waals surface area contributed by atoms with Gasteiger partial charge in [-0.15, -0.1) is 0 Å². The molecule has 1 unspecified atom stereocenters. The van der Waals surface area contributed by atoms with Crippen LogP contribution in [0.25, 0.3) is 0 Å². The summed E-state index contributed by atoms with van der Waals surface area (Å²) in [5, 5.41) is 2.72. The topological polar surface area (TPSA) is 75.3 Å². The minimum Gasteiger partial charge on any atom is -0.348 e. The van der Waals surface area contributed by atoms with Crippen molar-refractivity contribution in [2.75, 3.05) is 6.54 Å². The number of hydrogen-bond donors (Lipinski definition) is 2. The van der Waals surface area contributed by atoms with Crippen molar-refractivity contribution in [2.45, 2.75) is 24.8 Å². The van der Waals surface area contributed by atoms with Crippen LogP contribution in [-0.4, -0.2) is 20.9 Å². The number of carbonyl (C=O) groups excluding carboxylic acids is 1. The summed E-state index contributed by atoms with van der Waals surface area (Å²) in [6.07, 6.45) is 0. The van der Waals surface area contributed by atoms with E-state index in [0.717, 1.165) is 17.7 Å². The fourth-order valence-corrected chi connectivity index (χ4v) is 3.48. The molecule has 128 valence electrons. The number of benzene rings is 2. The molecular formula is C17H19FN2O3S. The molecule has 2 aromatic carbocycles. The van der Waals surface area contributed by atoms with Crippen LogP contribution in [0.4, 0.5) is 4.39 Å². The van der Waals surface area contributed by atoms with Gasteiger partial charge in [0, 0.05) is 0 Å². The molecule has 0 radical (unpaired) electrons. The zero-order valence-electron chi connectivity index (χ0n) is 13.4. The Hall–Kier alpha value is -2.25. The third-order valence-electron chi connectivity index (χ3n) is 3.53. The number of amides is 1. The lowest BCUT2D eigenvalue weighted by Gasteiger charge is -2.15. The van der Waals surface area contributed by atoms with E-state index in [1.807, 2.05) is 37.3 Å². The van der Waals surface area contributed by atoms with Gasteiger partial charge in [-0.2, -0.15) is 0 Å². The molecule has 2 rings (SSSR count). The molecule has 2 aromatic rings. The van der Waals surface area contributed by atoms with Gasteiger partial charge in [0.15, 0.2) is 0 Å². The largest absolute Gasteiger partial charge is 0.348 e.